The molecule has 81 heavy (non-hydrogen) atoms. The van der Waals surface area contributed by atoms with Crippen LogP contribution in [0.15, 0.2) is 146 Å². The number of aliphatic hydroxyl groups excluding tert-OH is 2. The first kappa shape index (κ1) is 73.6. The Morgan fingerprint density at radius 3 is 1.26 bits per heavy atom. The monoisotopic (exact) mass is 1130 g/mol. The summed E-state index contributed by atoms with van der Waals surface area (Å²) in [6.07, 6.45) is 66.8. The molecule has 1 aliphatic rings. The van der Waals surface area contributed by atoms with Crippen molar-refractivity contribution in [1.82, 2.24) is 0 Å². The van der Waals surface area contributed by atoms with Crippen LogP contribution < -0.4 is 0 Å². The lowest BCUT2D eigenvalue weighted by atomic mass is 9.98. The van der Waals surface area contributed by atoms with Crippen LogP contribution >= 0.6 is 0 Å². The number of rotatable bonds is 50. The van der Waals surface area contributed by atoms with Crippen molar-refractivity contribution in [3.8, 4) is 0 Å². The fraction of sp³-hybridized carbons (Fsp3) is 0.594. The topological polar surface area (TPSA) is 175 Å². The molecule has 6 unspecified atom stereocenters. The van der Waals surface area contributed by atoms with Crippen molar-refractivity contribution in [2.45, 2.75) is 250 Å². The molecule has 0 bridgehead atoms. The second kappa shape index (κ2) is 55.2. The van der Waals surface area contributed by atoms with E-state index in [1.54, 1.807) is 0 Å². The van der Waals surface area contributed by atoms with Gasteiger partial charge in [0.2, 0.25) is 0 Å². The number of ether oxygens (including phenoxy) is 5. The van der Waals surface area contributed by atoms with E-state index in [1.165, 1.54) is 19.3 Å². The molecule has 0 aromatic rings. The minimum Gasteiger partial charge on any atom is -0.479 e. The van der Waals surface area contributed by atoms with Crippen molar-refractivity contribution in [1.29, 1.82) is 0 Å². The standard InChI is InChI=1S/C69H106O12/c1-4-7-10-13-16-19-22-25-28-30-31-33-35-37-40-43-46-49-52-55-61(70)77-58-60(79-62(71)56-53-50-47-44-41-38-34-27-24-21-18-15-12-9-6-3)59-78-69-67(65(74)64(73)66(81-69)68(75)76)80-63(72)57-54-51-48-45-42-39-36-32-29-26-23-20-17-14-11-8-5-2/h7,9-10,12,16-21,25-29,31,33-34,37,40-41,44,46,49,60,64-67,69,73-74H,4-6,8,11,13-15,22-24,30,32,35-36,38-39,42-43,45,47-48,50-59H2,1-3H3,(H,75,76)/b10-7-,12-9-,19-16-,20-17-,21-18-,28-25-,29-26-,33-31-,34-27-,40-37-,44-41-,49-46-. The first-order valence-corrected chi connectivity index (χ1v) is 30.8. The van der Waals surface area contributed by atoms with Gasteiger partial charge in [0.25, 0.3) is 0 Å². The van der Waals surface area contributed by atoms with E-state index in [9.17, 15) is 34.5 Å². The number of carbonyl (C=O) groups is 4. The molecule has 0 saturated carbocycles. The third-order valence-corrected chi connectivity index (χ3v) is 12.9. The van der Waals surface area contributed by atoms with E-state index in [-0.39, 0.29) is 25.9 Å². The van der Waals surface area contributed by atoms with Crippen molar-refractivity contribution in [2.24, 2.45) is 0 Å². The summed E-state index contributed by atoms with van der Waals surface area (Å²) in [6, 6.07) is 0. The third kappa shape index (κ3) is 44.9. The SMILES string of the molecule is CC/C=C\C/C=C\C/C=C\C/C=C\C/C=C\C/C=C\CCC(=O)OCC(COC1OC(C(=O)O)C(O)C(O)C1OC(=O)CCCCCCCCC/C=C\C/C=C\CCCCC)OC(=O)CCCC/C=C\C/C=C\C/C=C\C/C=C\CC. The van der Waals surface area contributed by atoms with E-state index in [0.29, 0.717) is 25.7 Å². The Hall–Kier alpha value is -5.40. The van der Waals surface area contributed by atoms with Crippen molar-refractivity contribution < 1.29 is 58.2 Å². The van der Waals surface area contributed by atoms with Crippen LogP contribution in [0.4, 0.5) is 0 Å². The van der Waals surface area contributed by atoms with E-state index in [0.717, 1.165) is 128 Å². The van der Waals surface area contributed by atoms with Crippen molar-refractivity contribution >= 4 is 23.9 Å². The van der Waals surface area contributed by atoms with Gasteiger partial charge in [-0.25, -0.2) is 4.79 Å². The van der Waals surface area contributed by atoms with Crippen LogP contribution in [-0.2, 0) is 42.9 Å². The highest BCUT2D eigenvalue weighted by atomic mass is 16.7. The summed E-state index contributed by atoms with van der Waals surface area (Å²) in [5, 5.41) is 31.5. The van der Waals surface area contributed by atoms with Crippen LogP contribution in [0.2, 0.25) is 0 Å². The quantitative estimate of drug-likeness (QED) is 0.0228. The predicted molar refractivity (Wildman–Crippen MR) is 330 cm³/mol. The molecule has 1 fully saturated rings. The molecule has 1 rings (SSSR count). The summed E-state index contributed by atoms with van der Waals surface area (Å²) in [7, 11) is 0. The third-order valence-electron chi connectivity index (χ3n) is 12.9. The molecule has 12 nitrogen and oxygen atoms in total. The van der Waals surface area contributed by atoms with Gasteiger partial charge in [0.05, 0.1) is 6.61 Å². The zero-order valence-corrected chi connectivity index (χ0v) is 50.0. The lowest BCUT2D eigenvalue weighted by molar-refractivity contribution is -0.301. The number of hydrogen-bond acceptors (Lipinski definition) is 11. The van der Waals surface area contributed by atoms with Gasteiger partial charge in [-0.2, -0.15) is 0 Å². The zero-order chi connectivity index (χ0) is 58.9. The van der Waals surface area contributed by atoms with E-state index in [1.807, 2.05) is 12.2 Å². The number of hydrogen-bond donors (Lipinski definition) is 3. The first-order valence-electron chi connectivity index (χ1n) is 30.8. The molecule has 1 heterocycles. The van der Waals surface area contributed by atoms with Gasteiger partial charge in [0.1, 0.15) is 18.8 Å². The number of esters is 3. The molecule has 0 aliphatic carbocycles. The molecule has 454 valence electrons. The maximum Gasteiger partial charge on any atom is 0.335 e. The van der Waals surface area contributed by atoms with Crippen LogP contribution in [0.5, 0.6) is 0 Å². The number of carboxylic acid groups (broad SMARTS) is 1. The molecule has 0 spiro atoms. The Morgan fingerprint density at radius 1 is 0.420 bits per heavy atom. The Labute approximate surface area is 489 Å². The fourth-order valence-electron chi connectivity index (χ4n) is 8.24. The molecular formula is C69H106O12. The van der Waals surface area contributed by atoms with Crippen LogP contribution in [0.25, 0.3) is 0 Å². The lowest BCUT2D eigenvalue weighted by Gasteiger charge is -2.40. The van der Waals surface area contributed by atoms with E-state index in [2.05, 4.69) is 154 Å². The van der Waals surface area contributed by atoms with Crippen LogP contribution in [0, 0.1) is 0 Å². The first-order chi connectivity index (χ1) is 39.6. The highest BCUT2D eigenvalue weighted by molar-refractivity contribution is 5.74. The molecule has 6 atom stereocenters. The minimum absolute atomic E-state index is 0.0310. The Balaban J connectivity index is 2.76. The number of carboxylic acids is 1. The molecular weight excluding hydrogens is 1020 g/mol. The highest BCUT2D eigenvalue weighted by Gasteiger charge is 2.50. The summed E-state index contributed by atoms with van der Waals surface area (Å²) in [4.78, 5) is 51.2. The van der Waals surface area contributed by atoms with Gasteiger partial charge in [-0.3, -0.25) is 14.4 Å². The van der Waals surface area contributed by atoms with Crippen LogP contribution in [0.1, 0.15) is 213 Å². The normalized spacial score (nSPS) is 18.8. The number of unbranched alkanes of at least 4 members (excludes halogenated alkanes) is 12. The van der Waals surface area contributed by atoms with Gasteiger partial charge >= 0.3 is 23.9 Å². The van der Waals surface area contributed by atoms with Crippen molar-refractivity contribution in [3.05, 3.63) is 146 Å². The van der Waals surface area contributed by atoms with E-state index in [4.69, 9.17) is 23.7 Å². The number of allylic oxidation sites excluding steroid dienone is 24. The molecule has 12 heteroatoms. The average molecular weight is 1130 g/mol. The van der Waals surface area contributed by atoms with Gasteiger partial charge in [0.15, 0.2) is 24.6 Å². The molecule has 3 N–H and O–H groups in total. The summed E-state index contributed by atoms with van der Waals surface area (Å²) < 4.78 is 28.3. The van der Waals surface area contributed by atoms with Gasteiger partial charge in [-0.15, -0.1) is 0 Å². The largest absolute Gasteiger partial charge is 0.479 e. The van der Waals surface area contributed by atoms with Gasteiger partial charge in [-0.1, -0.05) is 212 Å². The number of aliphatic hydroxyl groups is 2. The lowest BCUT2D eigenvalue weighted by Crippen LogP contribution is -2.61. The average Bonchev–Trinajstić information content (AvgIpc) is 3.53. The maximum atomic E-state index is 13.2. The molecule has 1 saturated heterocycles. The Morgan fingerprint density at radius 2 is 0.802 bits per heavy atom. The molecule has 0 radical (unpaired) electrons. The van der Waals surface area contributed by atoms with Crippen molar-refractivity contribution in [2.75, 3.05) is 13.2 Å². The molecule has 0 aromatic carbocycles. The predicted octanol–water partition coefficient (Wildman–Crippen LogP) is 16.3. The summed E-state index contributed by atoms with van der Waals surface area (Å²) in [5.41, 5.74) is 0. The van der Waals surface area contributed by atoms with E-state index >= 15 is 0 Å². The number of aliphatic carboxylic acids is 1. The Bertz CT molecular complexity index is 1960. The fourth-order valence-corrected chi connectivity index (χ4v) is 8.24. The van der Waals surface area contributed by atoms with Gasteiger partial charge in [-0.05, 0) is 128 Å². The zero-order valence-electron chi connectivity index (χ0n) is 50.0. The molecule has 0 aromatic heterocycles. The molecule has 0 amide bonds. The summed E-state index contributed by atoms with van der Waals surface area (Å²) in [5.74, 6) is -3.32. The van der Waals surface area contributed by atoms with Gasteiger partial charge < -0.3 is 39.0 Å². The summed E-state index contributed by atoms with van der Waals surface area (Å²) in [6.45, 7) is 5.63. The Kier molecular flexibility index (Phi) is 50.1. The van der Waals surface area contributed by atoms with Crippen molar-refractivity contribution in [3.63, 3.8) is 0 Å². The highest BCUT2D eigenvalue weighted by Crippen LogP contribution is 2.26. The van der Waals surface area contributed by atoms with Gasteiger partial charge in [0, 0.05) is 19.3 Å². The second-order valence-corrected chi connectivity index (χ2v) is 20.2. The van der Waals surface area contributed by atoms with Crippen LogP contribution in [-0.4, -0.2) is 89.2 Å². The minimum atomic E-state index is -1.93. The summed E-state index contributed by atoms with van der Waals surface area (Å²) >= 11 is 0. The molecule has 1 aliphatic heterocycles. The van der Waals surface area contributed by atoms with Crippen LogP contribution in [0.3, 0.4) is 0 Å². The number of carbonyl (C=O) groups excluding carboxylic acids is 3. The smallest absolute Gasteiger partial charge is 0.335 e. The second-order valence-electron chi connectivity index (χ2n) is 20.2. The maximum absolute atomic E-state index is 13.2. The van der Waals surface area contributed by atoms with E-state index < -0.39 is 67.3 Å².